The Morgan fingerprint density at radius 1 is 1.33 bits per heavy atom. The maximum atomic E-state index is 11.6. The van der Waals surface area contributed by atoms with Crippen LogP contribution in [0.5, 0.6) is 0 Å². The zero-order valence-corrected chi connectivity index (χ0v) is 11.6. The first-order valence-electron chi connectivity index (χ1n) is 4.98. The van der Waals surface area contributed by atoms with E-state index in [1.54, 1.807) is 6.92 Å². The lowest BCUT2D eigenvalue weighted by Crippen LogP contribution is -2.23. The molecule has 0 aromatic carbocycles. The van der Waals surface area contributed by atoms with Crippen molar-refractivity contribution in [2.45, 2.75) is 6.92 Å². The van der Waals surface area contributed by atoms with Gasteiger partial charge in [0.1, 0.15) is 13.7 Å². The summed E-state index contributed by atoms with van der Waals surface area (Å²) >= 11 is 0. The van der Waals surface area contributed by atoms with Crippen LogP contribution in [0.1, 0.15) is 6.92 Å². The van der Waals surface area contributed by atoms with Gasteiger partial charge in [0.2, 0.25) is 0 Å². The smallest absolute Gasteiger partial charge is 0.396 e. The molecular formula is C8H17N2O7P. The van der Waals surface area contributed by atoms with Gasteiger partial charge in [-0.1, -0.05) is 0 Å². The van der Waals surface area contributed by atoms with Gasteiger partial charge in [0.25, 0.3) is 0 Å². The molecule has 0 saturated carbocycles. The number of nitrogens with one attached hydrogen (secondary N) is 1. The number of nitrogens with zero attached hydrogens (tertiary/aromatic N) is 1. The molecule has 0 aliphatic heterocycles. The molecule has 0 aliphatic carbocycles. The monoisotopic (exact) mass is 284 g/mol. The van der Waals surface area contributed by atoms with E-state index in [0.717, 1.165) is 0 Å². The molecule has 9 nitrogen and oxygen atoms in total. The summed E-state index contributed by atoms with van der Waals surface area (Å²) in [5.74, 6) is -0.220. The average molecular weight is 284 g/mol. The van der Waals surface area contributed by atoms with Crippen LogP contribution in [0.4, 0.5) is 4.79 Å². The fraction of sp³-hybridized carbons (Fsp3) is 0.750. The second-order valence-corrected chi connectivity index (χ2v) is 4.89. The van der Waals surface area contributed by atoms with Crippen LogP contribution in [0, 0.1) is 0 Å². The van der Waals surface area contributed by atoms with E-state index >= 15 is 0 Å². The molecule has 0 radical (unpaired) electrons. The van der Waals surface area contributed by atoms with E-state index in [1.807, 2.05) is 0 Å². The van der Waals surface area contributed by atoms with Crippen molar-refractivity contribution in [2.24, 2.45) is 5.16 Å². The SMILES string of the molecule is CCOP(C)(=O)OCC(=NOC)OOC(=O)NC. The fourth-order valence-corrected chi connectivity index (χ4v) is 1.63. The predicted octanol–water partition coefficient (Wildman–Crippen LogP) is 1.11. The number of carbonyl (C=O) groups excluding carboxylic acids is 1. The van der Waals surface area contributed by atoms with Gasteiger partial charge in [0.05, 0.1) is 6.61 Å². The molecule has 0 aromatic rings. The Bertz CT molecular complexity index is 333. The Labute approximate surface area is 105 Å². The number of amides is 1. The quantitative estimate of drug-likeness (QED) is 0.256. The van der Waals surface area contributed by atoms with E-state index in [9.17, 15) is 9.36 Å². The van der Waals surface area contributed by atoms with Gasteiger partial charge in [-0.3, -0.25) is 14.0 Å². The van der Waals surface area contributed by atoms with Crippen LogP contribution in [-0.2, 0) is 28.2 Å². The molecule has 1 N–H and O–H groups in total. The first-order valence-corrected chi connectivity index (χ1v) is 6.97. The van der Waals surface area contributed by atoms with Crippen LogP contribution in [0.25, 0.3) is 0 Å². The Morgan fingerprint density at radius 3 is 2.50 bits per heavy atom. The zero-order valence-electron chi connectivity index (χ0n) is 10.7. The normalized spacial score (nSPS) is 14.6. The van der Waals surface area contributed by atoms with Crippen LogP contribution in [0.2, 0.25) is 0 Å². The summed E-state index contributed by atoms with van der Waals surface area (Å²) < 4.78 is 21.4. The van der Waals surface area contributed by atoms with Crippen LogP contribution in [-0.4, -0.2) is 46.0 Å². The van der Waals surface area contributed by atoms with Gasteiger partial charge in [-0.15, -0.1) is 0 Å². The highest BCUT2D eigenvalue weighted by atomic mass is 31.2. The van der Waals surface area contributed by atoms with Crippen molar-refractivity contribution in [2.75, 3.05) is 34.0 Å². The van der Waals surface area contributed by atoms with Crippen molar-refractivity contribution >= 4 is 19.6 Å². The first kappa shape index (κ1) is 16.7. The number of carbonyl (C=O) groups is 1. The highest BCUT2D eigenvalue weighted by molar-refractivity contribution is 7.53. The largest absolute Gasteiger partial charge is 0.450 e. The molecular weight excluding hydrogens is 267 g/mol. The van der Waals surface area contributed by atoms with Crippen LogP contribution >= 0.6 is 7.60 Å². The first-order chi connectivity index (χ1) is 8.45. The molecule has 0 spiro atoms. The minimum Gasteiger partial charge on any atom is -0.396 e. The van der Waals surface area contributed by atoms with Gasteiger partial charge in [-0.05, 0) is 12.1 Å². The van der Waals surface area contributed by atoms with E-state index in [0.29, 0.717) is 0 Å². The third kappa shape index (κ3) is 7.88. The molecule has 10 heteroatoms. The highest BCUT2D eigenvalue weighted by Crippen LogP contribution is 2.43. The highest BCUT2D eigenvalue weighted by Gasteiger charge is 2.19. The molecule has 0 aromatic heterocycles. The van der Waals surface area contributed by atoms with Crippen LogP contribution in [0.15, 0.2) is 5.16 Å². The Balaban J connectivity index is 4.25. The lowest BCUT2D eigenvalue weighted by atomic mass is 10.7. The predicted molar refractivity (Wildman–Crippen MR) is 62.2 cm³/mol. The summed E-state index contributed by atoms with van der Waals surface area (Å²) in [6.07, 6.45) is -0.830. The molecule has 106 valence electrons. The second kappa shape index (κ2) is 8.73. The number of rotatable bonds is 6. The van der Waals surface area contributed by atoms with Crippen molar-refractivity contribution in [3.05, 3.63) is 0 Å². The third-order valence-electron chi connectivity index (χ3n) is 1.40. The van der Waals surface area contributed by atoms with Crippen molar-refractivity contribution in [1.82, 2.24) is 5.32 Å². The van der Waals surface area contributed by atoms with Gasteiger partial charge >= 0.3 is 19.6 Å². The summed E-state index contributed by atoms with van der Waals surface area (Å²) in [4.78, 5) is 24.0. The minimum absolute atomic E-state index is 0.220. The van der Waals surface area contributed by atoms with E-state index in [4.69, 9.17) is 9.05 Å². The molecule has 18 heavy (non-hydrogen) atoms. The molecule has 1 atom stereocenters. The Kier molecular flexibility index (Phi) is 8.10. The number of oxime groups is 1. The van der Waals surface area contributed by atoms with Crippen molar-refractivity contribution in [1.29, 1.82) is 0 Å². The van der Waals surface area contributed by atoms with Crippen LogP contribution < -0.4 is 5.32 Å². The van der Waals surface area contributed by atoms with Crippen molar-refractivity contribution in [3.8, 4) is 0 Å². The number of hydrogen-bond acceptors (Lipinski definition) is 8. The van der Waals surface area contributed by atoms with Gasteiger partial charge in [0.15, 0.2) is 0 Å². The van der Waals surface area contributed by atoms with Crippen LogP contribution in [0.3, 0.4) is 0 Å². The maximum absolute atomic E-state index is 11.6. The molecule has 0 aliphatic rings. The molecule has 0 rings (SSSR count). The maximum Gasteiger partial charge on any atom is 0.450 e. The van der Waals surface area contributed by atoms with Gasteiger partial charge in [0, 0.05) is 13.7 Å². The number of hydrogen-bond donors (Lipinski definition) is 1. The molecule has 0 heterocycles. The van der Waals surface area contributed by atoms with Gasteiger partial charge in [-0.25, -0.2) is 9.68 Å². The molecule has 0 fully saturated rings. The lowest BCUT2D eigenvalue weighted by Gasteiger charge is -2.12. The third-order valence-corrected chi connectivity index (χ3v) is 2.72. The topological polar surface area (TPSA) is 105 Å². The van der Waals surface area contributed by atoms with E-state index < -0.39 is 13.7 Å². The van der Waals surface area contributed by atoms with E-state index in [2.05, 4.69) is 25.1 Å². The molecule has 1 amide bonds. The van der Waals surface area contributed by atoms with Crippen molar-refractivity contribution in [3.63, 3.8) is 0 Å². The summed E-state index contributed by atoms with van der Waals surface area (Å²) in [6.45, 7) is 2.87. The fourth-order valence-electron chi connectivity index (χ4n) is 0.739. The van der Waals surface area contributed by atoms with E-state index in [1.165, 1.54) is 20.8 Å². The lowest BCUT2D eigenvalue weighted by molar-refractivity contribution is -0.163. The second-order valence-electron chi connectivity index (χ2n) is 2.83. The van der Waals surface area contributed by atoms with E-state index in [-0.39, 0.29) is 19.1 Å². The summed E-state index contributed by atoms with van der Waals surface area (Å²) in [7, 11) is -0.584. The zero-order chi connectivity index (χ0) is 14.0. The minimum atomic E-state index is -3.20. The summed E-state index contributed by atoms with van der Waals surface area (Å²) in [5.41, 5.74) is 0. The molecule has 0 saturated heterocycles. The average Bonchev–Trinajstić information content (AvgIpc) is 2.32. The standard InChI is InChI=1S/C8H17N2O7P/c1-5-14-18(4,12)15-6-7(10-13-3)16-17-8(11)9-2/h5-6H2,1-4H3,(H,9,11). The summed E-state index contributed by atoms with van der Waals surface area (Å²) in [6, 6.07) is 0. The molecule has 1 unspecified atom stereocenters. The Hall–Kier alpha value is -1.31. The van der Waals surface area contributed by atoms with Gasteiger partial charge in [-0.2, -0.15) is 0 Å². The molecule has 0 bridgehead atoms. The van der Waals surface area contributed by atoms with Crippen molar-refractivity contribution < 1.29 is 33.0 Å². The summed E-state index contributed by atoms with van der Waals surface area (Å²) in [5, 5.41) is 5.53. The van der Waals surface area contributed by atoms with Gasteiger partial charge < -0.3 is 14.7 Å². The Morgan fingerprint density at radius 2 is 2.00 bits per heavy atom.